The maximum atomic E-state index is 9.43. The molecular formula is C17H27NO2. The van der Waals surface area contributed by atoms with Gasteiger partial charge >= 0.3 is 0 Å². The molecule has 112 valence electrons. The van der Waals surface area contributed by atoms with E-state index in [4.69, 9.17) is 4.74 Å². The van der Waals surface area contributed by atoms with Crippen molar-refractivity contribution in [1.29, 1.82) is 0 Å². The summed E-state index contributed by atoms with van der Waals surface area (Å²) in [5.74, 6) is 2.06. The van der Waals surface area contributed by atoms with Gasteiger partial charge in [0.25, 0.3) is 0 Å². The van der Waals surface area contributed by atoms with E-state index >= 15 is 0 Å². The van der Waals surface area contributed by atoms with Crippen molar-refractivity contribution in [2.24, 2.45) is 11.8 Å². The van der Waals surface area contributed by atoms with Crippen LogP contribution in [-0.4, -0.2) is 24.9 Å². The summed E-state index contributed by atoms with van der Waals surface area (Å²) in [7, 11) is 0. The van der Waals surface area contributed by atoms with E-state index in [1.165, 1.54) is 31.2 Å². The molecule has 20 heavy (non-hydrogen) atoms. The molecule has 2 unspecified atom stereocenters. The van der Waals surface area contributed by atoms with Gasteiger partial charge in [-0.1, -0.05) is 25.0 Å². The zero-order valence-corrected chi connectivity index (χ0v) is 12.5. The van der Waals surface area contributed by atoms with Crippen LogP contribution in [-0.2, 0) is 6.54 Å². The average molecular weight is 277 g/mol. The van der Waals surface area contributed by atoms with Gasteiger partial charge in [0.1, 0.15) is 5.75 Å². The van der Waals surface area contributed by atoms with Crippen molar-refractivity contribution in [2.45, 2.75) is 39.2 Å². The Morgan fingerprint density at radius 3 is 2.80 bits per heavy atom. The summed E-state index contributed by atoms with van der Waals surface area (Å²) in [6.07, 6.45) is 5.01. The van der Waals surface area contributed by atoms with Crippen LogP contribution in [0.5, 0.6) is 5.75 Å². The fraction of sp³-hybridized carbons (Fsp3) is 0.647. The highest BCUT2D eigenvalue weighted by Gasteiger charge is 2.23. The van der Waals surface area contributed by atoms with E-state index < -0.39 is 0 Å². The first-order chi connectivity index (χ1) is 9.83. The highest BCUT2D eigenvalue weighted by Crippen LogP contribution is 2.29. The van der Waals surface area contributed by atoms with Gasteiger partial charge in [0.05, 0.1) is 6.61 Å². The predicted octanol–water partition coefficient (Wildman–Crippen LogP) is 2.97. The van der Waals surface area contributed by atoms with Crippen LogP contribution in [0.3, 0.4) is 0 Å². The van der Waals surface area contributed by atoms with E-state index in [9.17, 15) is 5.11 Å². The van der Waals surface area contributed by atoms with Gasteiger partial charge in [-0.05, 0) is 55.8 Å². The molecule has 1 aliphatic carbocycles. The SMILES string of the molecule is CCOc1cccc(CNCC2CCCCC2CO)c1. The highest BCUT2D eigenvalue weighted by atomic mass is 16.5. The number of benzene rings is 1. The Morgan fingerprint density at radius 1 is 1.25 bits per heavy atom. The number of ether oxygens (including phenoxy) is 1. The largest absolute Gasteiger partial charge is 0.494 e. The van der Waals surface area contributed by atoms with E-state index in [1.54, 1.807) is 0 Å². The number of aliphatic hydroxyl groups is 1. The first-order valence-electron chi connectivity index (χ1n) is 7.86. The Labute approximate surface area is 122 Å². The fourth-order valence-electron chi connectivity index (χ4n) is 3.11. The van der Waals surface area contributed by atoms with Crippen LogP contribution in [0.15, 0.2) is 24.3 Å². The van der Waals surface area contributed by atoms with Crippen LogP contribution in [0.25, 0.3) is 0 Å². The lowest BCUT2D eigenvalue weighted by Crippen LogP contribution is -2.32. The molecule has 1 saturated carbocycles. The second kappa shape index (κ2) is 8.28. The Kier molecular flexibility index (Phi) is 6.34. The standard InChI is InChI=1S/C17H27NO2/c1-2-20-17-9-5-6-14(10-17)11-18-12-15-7-3-4-8-16(15)13-19/h5-6,9-10,15-16,18-19H,2-4,7-8,11-13H2,1H3. The molecule has 3 nitrogen and oxygen atoms in total. The molecule has 0 heterocycles. The molecule has 1 fully saturated rings. The van der Waals surface area contributed by atoms with Crippen molar-refractivity contribution < 1.29 is 9.84 Å². The van der Waals surface area contributed by atoms with E-state index in [0.717, 1.165) is 18.8 Å². The van der Waals surface area contributed by atoms with Crippen LogP contribution < -0.4 is 10.1 Å². The van der Waals surface area contributed by atoms with Gasteiger partial charge in [-0.3, -0.25) is 0 Å². The van der Waals surface area contributed by atoms with Crippen molar-refractivity contribution in [2.75, 3.05) is 19.8 Å². The molecule has 1 aromatic carbocycles. The monoisotopic (exact) mass is 277 g/mol. The first kappa shape index (κ1) is 15.3. The Balaban J connectivity index is 1.78. The van der Waals surface area contributed by atoms with Gasteiger partial charge in [0, 0.05) is 13.2 Å². The Morgan fingerprint density at radius 2 is 2.05 bits per heavy atom. The summed E-state index contributed by atoms with van der Waals surface area (Å²) in [5, 5.41) is 13.0. The number of hydrogen-bond acceptors (Lipinski definition) is 3. The van der Waals surface area contributed by atoms with Gasteiger partial charge in [0.2, 0.25) is 0 Å². The van der Waals surface area contributed by atoms with Gasteiger partial charge in [-0.15, -0.1) is 0 Å². The molecule has 0 radical (unpaired) electrons. The number of rotatable bonds is 7. The van der Waals surface area contributed by atoms with Crippen LogP contribution in [0.1, 0.15) is 38.2 Å². The molecule has 0 bridgehead atoms. The number of nitrogens with one attached hydrogen (secondary N) is 1. The number of aliphatic hydroxyl groups excluding tert-OH is 1. The second-order valence-electron chi connectivity index (χ2n) is 5.70. The summed E-state index contributed by atoms with van der Waals surface area (Å²) < 4.78 is 5.52. The van der Waals surface area contributed by atoms with Crippen molar-refractivity contribution in [3.63, 3.8) is 0 Å². The molecule has 1 aromatic rings. The summed E-state index contributed by atoms with van der Waals surface area (Å²) >= 11 is 0. The Bertz CT molecular complexity index is 394. The molecule has 1 aliphatic rings. The second-order valence-corrected chi connectivity index (χ2v) is 5.70. The minimum absolute atomic E-state index is 0.339. The van der Waals surface area contributed by atoms with Crippen LogP contribution in [0.2, 0.25) is 0 Å². The zero-order valence-electron chi connectivity index (χ0n) is 12.5. The lowest BCUT2D eigenvalue weighted by atomic mass is 9.79. The van der Waals surface area contributed by atoms with Gasteiger partial charge in [-0.25, -0.2) is 0 Å². The number of hydrogen-bond donors (Lipinski definition) is 2. The summed E-state index contributed by atoms with van der Waals surface area (Å²) in [6.45, 7) is 4.92. The average Bonchev–Trinajstić information content (AvgIpc) is 2.48. The molecule has 2 N–H and O–H groups in total. The molecule has 2 atom stereocenters. The van der Waals surface area contributed by atoms with Crippen molar-refractivity contribution in [3.05, 3.63) is 29.8 Å². The van der Waals surface area contributed by atoms with Gasteiger partial charge in [-0.2, -0.15) is 0 Å². The maximum Gasteiger partial charge on any atom is 0.119 e. The topological polar surface area (TPSA) is 41.5 Å². The third-order valence-electron chi connectivity index (χ3n) is 4.25. The summed E-state index contributed by atoms with van der Waals surface area (Å²) in [4.78, 5) is 0. The molecule has 2 rings (SSSR count). The molecule has 3 heteroatoms. The normalized spacial score (nSPS) is 22.7. The minimum Gasteiger partial charge on any atom is -0.494 e. The smallest absolute Gasteiger partial charge is 0.119 e. The third-order valence-corrected chi connectivity index (χ3v) is 4.25. The van der Waals surface area contributed by atoms with Crippen LogP contribution in [0.4, 0.5) is 0 Å². The summed E-state index contributed by atoms with van der Waals surface area (Å²) in [5.41, 5.74) is 1.26. The van der Waals surface area contributed by atoms with E-state index in [0.29, 0.717) is 25.0 Å². The van der Waals surface area contributed by atoms with Gasteiger partial charge in [0.15, 0.2) is 0 Å². The summed E-state index contributed by atoms with van der Waals surface area (Å²) in [6, 6.07) is 8.26. The van der Waals surface area contributed by atoms with Crippen molar-refractivity contribution in [3.8, 4) is 5.75 Å². The Hall–Kier alpha value is -1.06. The molecule has 0 aromatic heterocycles. The maximum absolute atomic E-state index is 9.43. The van der Waals surface area contributed by atoms with Crippen LogP contribution >= 0.6 is 0 Å². The minimum atomic E-state index is 0.339. The van der Waals surface area contributed by atoms with E-state index in [2.05, 4.69) is 17.4 Å². The predicted molar refractivity (Wildman–Crippen MR) is 81.9 cm³/mol. The van der Waals surface area contributed by atoms with Crippen molar-refractivity contribution in [1.82, 2.24) is 5.32 Å². The first-order valence-corrected chi connectivity index (χ1v) is 7.86. The van der Waals surface area contributed by atoms with Gasteiger partial charge < -0.3 is 15.2 Å². The van der Waals surface area contributed by atoms with Crippen LogP contribution in [0, 0.1) is 11.8 Å². The highest BCUT2D eigenvalue weighted by molar-refractivity contribution is 5.28. The lowest BCUT2D eigenvalue weighted by molar-refractivity contribution is 0.133. The van der Waals surface area contributed by atoms with E-state index in [1.807, 2.05) is 19.1 Å². The van der Waals surface area contributed by atoms with Crippen molar-refractivity contribution >= 4 is 0 Å². The molecule has 0 saturated heterocycles. The lowest BCUT2D eigenvalue weighted by Gasteiger charge is -2.30. The third kappa shape index (κ3) is 4.50. The molecule has 0 spiro atoms. The van der Waals surface area contributed by atoms with E-state index in [-0.39, 0.29) is 0 Å². The fourth-order valence-corrected chi connectivity index (χ4v) is 3.11. The zero-order chi connectivity index (χ0) is 14.2. The molecular weight excluding hydrogens is 250 g/mol. The molecule has 0 amide bonds. The molecule has 0 aliphatic heterocycles. The quantitative estimate of drug-likeness (QED) is 0.805.